The van der Waals surface area contributed by atoms with Crippen molar-refractivity contribution in [1.82, 2.24) is 14.7 Å². The Kier molecular flexibility index (Phi) is 34.9. The van der Waals surface area contributed by atoms with E-state index in [-0.39, 0.29) is 79.3 Å². The summed E-state index contributed by atoms with van der Waals surface area (Å²) in [5.41, 5.74) is 21.6. The zero-order valence-corrected chi connectivity index (χ0v) is 73.3. The Morgan fingerprint density at radius 2 is 0.620 bits per heavy atom. The van der Waals surface area contributed by atoms with Gasteiger partial charge >= 0.3 is 0 Å². The normalized spacial score (nSPS) is 17.4. The molecule has 650 valence electrons. The highest BCUT2D eigenvalue weighted by molar-refractivity contribution is 5.60. The number of benzene rings is 9. The molecule has 0 spiro atoms. The fourth-order valence-corrected chi connectivity index (χ4v) is 17.8. The van der Waals surface area contributed by atoms with Crippen LogP contribution in [0.2, 0.25) is 0 Å². The monoisotopic (exact) mass is 1650 g/mol. The number of fused-ring (bicyclic) bond motifs is 8. The van der Waals surface area contributed by atoms with Crippen LogP contribution in [-0.4, -0.2) is 201 Å². The molecule has 9 aromatic carbocycles. The minimum absolute atomic E-state index is 0.170. The minimum Gasteiger partial charge on any atom is -0.492 e. The lowest BCUT2D eigenvalue weighted by Gasteiger charge is -2.45. The first kappa shape index (κ1) is 91.0. The second-order valence-corrected chi connectivity index (χ2v) is 33.6. The van der Waals surface area contributed by atoms with E-state index in [2.05, 4.69) is 255 Å². The molecule has 6 atom stereocenters. The Balaban J connectivity index is 0.798. The molecule has 3 heterocycles. The van der Waals surface area contributed by atoms with Gasteiger partial charge in [0.15, 0.2) is 0 Å². The van der Waals surface area contributed by atoms with Crippen molar-refractivity contribution in [1.29, 1.82) is 0 Å². The van der Waals surface area contributed by atoms with Gasteiger partial charge in [0.2, 0.25) is 0 Å². The van der Waals surface area contributed by atoms with Crippen LogP contribution < -0.4 is 43.1 Å². The molecule has 18 heteroatoms. The smallest absolute Gasteiger partial charge is 0.119 e. The van der Waals surface area contributed by atoms with Gasteiger partial charge in [0.05, 0.1) is 95.9 Å². The molecular weight excluding hydrogens is 1510 g/mol. The molecule has 8 bridgehead atoms. The van der Waals surface area contributed by atoms with E-state index >= 15 is 0 Å². The molecule has 18 nitrogen and oxygen atoms in total. The van der Waals surface area contributed by atoms with Crippen LogP contribution in [0.1, 0.15) is 164 Å². The van der Waals surface area contributed by atoms with Crippen molar-refractivity contribution in [3.63, 3.8) is 0 Å². The van der Waals surface area contributed by atoms with Gasteiger partial charge in [-0.2, -0.15) is 0 Å². The first-order valence-corrected chi connectivity index (χ1v) is 45.1. The van der Waals surface area contributed by atoms with E-state index in [1.165, 1.54) is 66.8 Å². The van der Waals surface area contributed by atoms with Gasteiger partial charge in [-0.3, -0.25) is 14.7 Å². The van der Waals surface area contributed by atoms with E-state index in [9.17, 15) is 30.6 Å². The number of ether oxygens (including phenoxy) is 6. The van der Waals surface area contributed by atoms with Gasteiger partial charge in [-0.1, -0.05) is 153 Å². The van der Waals surface area contributed by atoms with E-state index in [0.29, 0.717) is 58.9 Å². The number of rotatable bonds is 38. The molecule has 0 aliphatic carbocycles. The molecule has 3 aliphatic rings. The fraction of sp³-hybridized carbons (Fsp3) is 0.476. The molecule has 3 aliphatic heterocycles. The zero-order chi connectivity index (χ0) is 85.0. The molecule has 12 rings (SSSR count). The molecule has 6 unspecified atom stereocenters. The second kappa shape index (κ2) is 46.3. The standard InChI is InChI=1S/C103H136N6O12/c1-9-15-79-27-39-98(51-74(79)7)116-65-92(59-110)107(93(60-111)66-117-99-40-28-80(16-10-2)75(8)52-99)48-45-76-21-33-89(34-22-76)104-71-105(90-35-23-77(24-36-90)46-49-108-94(61-112)67-118-100-41-29-81(17-11-3)85(55-100)53-86-56-101(119-68-95(108)62-113)42-30-82(86)18-12-4)73-106(72-104)91-37-25-78(26-38-91)47-50-109-96(63-114)69-120-102-43-31-83(19-13-5)87(57-102)54-88-58-103(121-70-97(109)64-115)44-32-84(88)20-14-6/h21-44,51-52,55-58,92-97,110-115H,9-20,45-50,53-54,59-73H2,1-8H3. The van der Waals surface area contributed by atoms with E-state index in [1.54, 1.807) is 0 Å². The van der Waals surface area contributed by atoms with Crippen LogP contribution in [0.15, 0.2) is 182 Å². The first-order chi connectivity index (χ1) is 59.2. The van der Waals surface area contributed by atoms with Crippen LogP contribution in [0.5, 0.6) is 34.5 Å². The Morgan fingerprint density at radius 3 is 0.893 bits per heavy atom. The van der Waals surface area contributed by atoms with Crippen LogP contribution in [-0.2, 0) is 70.6 Å². The van der Waals surface area contributed by atoms with Gasteiger partial charge in [-0.25, -0.2) is 0 Å². The number of hydrogen-bond acceptors (Lipinski definition) is 18. The number of aryl methyl sites for hydroxylation is 8. The number of hydrogen-bond donors (Lipinski definition) is 6. The van der Waals surface area contributed by atoms with E-state index in [1.807, 2.05) is 12.1 Å². The number of aliphatic hydroxyl groups is 6. The Bertz CT molecular complexity index is 4240. The van der Waals surface area contributed by atoms with Crippen LogP contribution in [0.4, 0.5) is 17.1 Å². The van der Waals surface area contributed by atoms with Crippen molar-refractivity contribution in [2.24, 2.45) is 0 Å². The molecule has 6 N–H and O–H groups in total. The average molecular weight is 1650 g/mol. The molecule has 0 amide bonds. The Labute approximate surface area is 721 Å². The summed E-state index contributed by atoms with van der Waals surface area (Å²) in [6.07, 6.45) is 15.5. The van der Waals surface area contributed by atoms with Crippen molar-refractivity contribution in [3.8, 4) is 34.5 Å². The lowest BCUT2D eigenvalue weighted by molar-refractivity contribution is 0.0108. The third kappa shape index (κ3) is 24.8. The predicted octanol–water partition coefficient (Wildman–Crippen LogP) is 15.7. The average Bonchev–Trinajstić information content (AvgIpc) is 0.804. The van der Waals surface area contributed by atoms with Crippen molar-refractivity contribution >= 4 is 17.1 Å². The summed E-state index contributed by atoms with van der Waals surface area (Å²) in [4.78, 5) is 13.7. The molecule has 0 radical (unpaired) electrons. The fourth-order valence-electron chi connectivity index (χ4n) is 17.8. The second-order valence-electron chi connectivity index (χ2n) is 33.6. The Morgan fingerprint density at radius 1 is 0.339 bits per heavy atom. The lowest BCUT2D eigenvalue weighted by Crippen LogP contribution is -2.55. The van der Waals surface area contributed by atoms with Gasteiger partial charge in [-0.15, -0.1) is 0 Å². The summed E-state index contributed by atoms with van der Waals surface area (Å²) in [5.74, 6) is 4.57. The summed E-state index contributed by atoms with van der Waals surface area (Å²) >= 11 is 0. The maximum absolute atomic E-state index is 11.3. The summed E-state index contributed by atoms with van der Waals surface area (Å²) in [7, 11) is 0. The van der Waals surface area contributed by atoms with Crippen LogP contribution >= 0.6 is 0 Å². The van der Waals surface area contributed by atoms with Gasteiger partial charge in [0, 0.05) is 36.7 Å². The zero-order valence-electron chi connectivity index (χ0n) is 73.3. The number of aliphatic hydroxyl groups excluding tert-OH is 6. The Hall–Kier alpha value is -9.18. The summed E-state index contributed by atoms with van der Waals surface area (Å²) < 4.78 is 39.5. The van der Waals surface area contributed by atoms with E-state index in [4.69, 9.17) is 28.4 Å². The lowest BCUT2D eigenvalue weighted by atomic mass is 9.92. The van der Waals surface area contributed by atoms with Crippen LogP contribution in [0.25, 0.3) is 0 Å². The molecule has 1 fully saturated rings. The van der Waals surface area contributed by atoms with E-state index < -0.39 is 36.3 Å². The molecular formula is C103H136N6O12. The molecule has 121 heavy (non-hydrogen) atoms. The molecule has 9 aromatic rings. The highest BCUT2D eigenvalue weighted by Gasteiger charge is 2.33. The van der Waals surface area contributed by atoms with Crippen molar-refractivity contribution in [2.75, 3.05) is 134 Å². The third-order valence-corrected chi connectivity index (χ3v) is 24.9. The van der Waals surface area contributed by atoms with Crippen molar-refractivity contribution in [3.05, 3.63) is 265 Å². The quantitative estimate of drug-likeness (QED) is 0.0214. The van der Waals surface area contributed by atoms with Crippen LogP contribution in [0, 0.1) is 13.8 Å². The topological polar surface area (TPSA) is 196 Å². The maximum Gasteiger partial charge on any atom is 0.119 e. The van der Waals surface area contributed by atoms with E-state index in [0.717, 1.165) is 158 Å². The molecule has 1 saturated heterocycles. The van der Waals surface area contributed by atoms with Gasteiger partial charge in [-0.05, 0) is 277 Å². The van der Waals surface area contributed by atoms with Gasteiger partial charge in [0.25, 0.3) is 0 Å². The third-order valence-electron chi connectivity index (χ3n) is 24.9. The summed E-state index contributed by atoms with van der Waals surface area (Å²) in [5, 5.41) is 67.5. The summed E-state index contributed by atoms with van der Waals surface area (Å²) in [6.45, 7) is 21.1. The largest absolute Gasteiger partial charge is 0.492 e. The highest BCUT2D eigenvalue weighted by Crippen LogP contribution is 2.35. The minimum atomic E-state index is -0.448. The van der Waals surface area contributed by atoms with Crippen molar-refractivity contribution < 1.29 is 59.1 Å². The van der Waals surface area contributed by atoms with Crippen molar-refractivity contribution in [2.45, 2.75) is 201 Å². The highest BCUT2D eigenvalue weighted by atomic mass is 16.5. The maximum atomic E-state index is 11.3. The predicted molar refractivity (Wildman–Crippen MR) is 489 cm³/mol. The van der Waals surface area contributed by atoms with Gasteiger partial charge < -0.3 is 73.8 Å². The SMILES string of the molecule is CCCc1ccc(OCC(CO)N(CCc2ccc(N3CN(c4ccc(CCN5C(CO)COc6ccc(CCC)c(c6)Cc6cc(ccc6CCC)OCC5CO)cc4)CN(c4ccc(CCN5C(CO)COc6ccc(CCC)c(c6)Cc6cc(ccc6CCC)OCC5CO)cc4)C3)cc2)C(CO)COc2ccc(CCC)c(C)c2)cc1C. The molecule has 0 saturated carbocycles. The van der Waals surface area contributed by atoms with Crippen LogP contribution in [0.3, 0.4) is 0 Å². The number of anilines is 3. The first-order valence-electron chi connectivity index (χ1n) is 45.1. The number of nitrogens with zero attached hydrogens (tertiary/aromatic N) is 6. The van der Waals surface area contributed by atoms with Gasteiger partial charge in [0.1, 0.15) is 74.1 Å². The summed E-state index contributed by atoms with van der Waals surface area (Å²) in [6, 6.07) is 62.0. The molecule has 0 aromatic heterocycles.